The van der Waals surface area contributed by atoms with Crippen LogP contribution in [0.5, 0.6) is 0 Å². The van der Waals surface area contributed by atoms with Crippen molar-refractivity contribution in [3.8, 4) is 0 Å². The van der Waals surface area contributed by atoms with E-state index in [2.05, 4.69) is 59.7 Å². The highest BCUT2D eigenvalue weighted by Crippen LogP contribution is 2.37. The third-order valence-electron chi connectivity index (χ3n) is 6.61. The number of nitrogens with zero attached hydrogens (tertiary/aromatic N) is 4. The van der Waals surface area contributed by atoms with E-state index in [0.717, 1.165) is 45.9 Å². The number of methoxy groups -OCH3 is 1. The summed E-state index contributed by atoms with van der Waals surface area (Å²) in [6.07, 6.45) is 3.85. The van der Waals surface area contributed by atoms with Crippen LogP contribution in [-0.4, -0.2) is 53.7 Å². The fourth-order valence-electron chi connectivity index (χ4n) is 4.73. The number of amides is 1. The number of rotatable bonds is 5. The van der Waals surface area contributed by atoms with Gasteiger partial charge in [-0.3, -0.25) is 9.78 Å². The highest BCUT2D eigenvalue weighted by atomic mass is 32.1. The molecule has 7 heteroatoms. The predicted molar refractivity (Wildman–Crippen MR) is 131 cm³/mol. The predicted octanol–water partition coefficient (Wildman–Crippen LogP) is 5.12. The first-order chi connectivity index (χ1) is 15.5. The Morgan fingerprint density at radius 1 is 1.28 bits per heavy atom. The Morgan fingerprint density at radius 3 is 2.94 bits per heavy atom. The van der Waals surface area contributed by atoms with Gasteiger partial charge in [0.1, 0.15) is 0 Å². The second kappa shape index (κ2) is 8.22. The fourth-order valence-corrected chi connectivity index (χ4v) is 5.85. The molecule has 1 amide bonds. The maximum absolute atomic E-state index is 13.3. The van der Waals surface area contributed by atoms with Crippen molar-refractivity contribution in [2.45, 2.75) is 25.8 Å². The largest absolute Gasteiger partial charge is 0.383 e. The highest BCUT2D eigenvalue weighted by molar-refractivity contribution is 7.21. The number of aromatic nitrogens is 2. The summed E-state index contributed by atoms with van der Waals surface area (Å²) in [4.78, 5) is 22.7. The average molecular weight is 449 g/mol. The molecule has 1 aliphatic heterocycles. The van der Waals surface area contributed by atoms with Gasteiger partial charge in [-0.2, -0.15) is 0 Å². The molecule has 0 bridgehead atoms. The van der Waals surface area contributed by atoms with E-state index < -0.39 is 0 Å². The number of carbonyl (C=O) groups excluding carboxylic acids is 1. The van der Waals surface area contributed by atoms with Crippen LogP contribution in [0, 0.1) is 6.92 Å². The number of benzene rings is 1. The summed E-state index contributed by atoms with van der Waals surface area (Å²) in [7, 11) is 5.86. The van der Waals surface area contributed by atoms with Gasteiger partial charge < -0.3 is 19.1 Å². The molecule has 1 fully saturated rings. The van der Waals surface area contributed by atoms with Crippen LogP contribution in [0.4, 0.5) is 11.4 Å². The minimum atomic E-state index is 0.0855. The molecule has 0 radical (unpaired) electrons. The molecule has 1 atom stereocenters. The number of fused-ring (bicyclic) bond motifs is 2. The van der Waals surface area contributed by atoms with Gasteiger partial charge in [-0.15, -0.1) is 11.3 Å². The Hall–Kier alpha value is -2.90. The van der Waals surface area contributed by atoms with Crippen LogP contribution in [0.25, 0.3) is 21.1 Å². The zero-order valence-electron chi connectivity index (χ0n) is 19.0. The van der Waals surface area contributed by atoms with E-state index >= 15 is 0 Å². The smallest absolute Gasteiger partial charge is 0.264 e. The van der Waals surface area contributed by atoms with Crippen LogP contribution >= 0.6 is 11.3 Å². The number of pyridine rings is 1. The lowest BCUT2D eigenvalue weighted by molar-refractivity contribution is 0.0635. The number of ether oxygens (including phenoxy) is 1. The first-order valence-corrected chi connectivity index (χ1v) is 11.8. The third kappa shape index (κ3) is 3.45. The molecule has 0 aliphatic carbocycles. The van der Waals surface area contributed by atoms with Crippen molar-refractivity contribution in [1.29, 1.82) is 0 Å². The Balaban J connectivity index is 1.50. The van der Waals surface area contributed by atoms with E-state index in [1.54, 1.807) is 7.11 Å². The van der Waals surface area contributed by atoms with Crippen LogP contribution in [0.1, 0.15) is 28.2 Å². The molecule has 166 valence electrons. The van der Waals surface area contributed by atoms with Gasteiger partial charge in [0.2, 0.25) is 0 Å². The van der Waals surface area contributed by atoms with Gasteiger partial charge in [-0.25, -0.2) is 0 Å². The molecule has 3 aromatic heterocycles. The topological polar surface area (TPSA) is 50.6 Å². The number of hydrogen-bond donors (Lipinski definition) is 0. The monoisotopic (exact) mass is 448 g/mol. The molecule has 0 unspecified atom stereocenters. The Kier molecular flexibility index (Phi) is 5.39. The van der Waals surface area contributed by atoms with Crippen LogP contribution < -0.4 is 4.90 Å². The molecule has 1 saturated heterocycles. The minimum Gasteiger partial charge on any atom is -0.383 e. The molecule has 0 spiro atoms. The number of thiophene rings is 1. The maximum Gasteiger partial charge on any atom is 0.264 e. The summed E-state index contributed by atoms with van der Waals surface area (Å²) < 4.78 is 8.57. The lowest BCUT2D eigenvalue weighted by Crippen LogP contribution is -2.37. The summed E-state index contributed by atoms with van der Waals surface area (Å²) in [5.41, 5.74) is 5.49. The molecular formula is C25H28N4O2S. The molecule has 0 N–H and O–H groups in total. The summed E-state index contributed by atoms with van der Waals surface area (Å²) in [5, 5.41) is 1.22. The third-order valence-corrected chi connectivity index (χ3v) is 7.75. The van der Waals surface area contributed by atoms with Crippen molar-refractivity contribution in [3.05, 3.63) is 53.2 Å². The zero-order chi connectivity index (χ0) is 22.4. The molecule has 4 aromatic rings. The second-order valence-corrected chi connectivity index (χ2v) is 9.60. The van der Waals surface area contributed by atoms with Crippen LogP contribution in [-0.2, 0) is 11.8 Å². The second-order valence-electron chi connectivity index (χ2n) is 8.55. The lowest BCUT2D eigenvalue weighted by Gasteiger charge is -2.23. The number of anilines is 2. The molecule has 1 aliphatic rings. The van der Waals surface area contributed by atoms with E-state index in [0.29, 0.717) is 6.61 Å². The number of aryl methyl sites for hydroxylation is 2. The van der Waals surface area contributed by atoms with E-state index in [1.807, 2.05) is 23.2 Å². The summed E-state index contributed by atoms with van der Waals surface area (Å²) in [6.45, 7) is 3.50. The van der Waals surface area contributed by atoms with E-state index in [-0.39, 0.29) is 11.9 Å². The normalized spacial score (nSPS) is 16.4. The van der Waals surface area contributed by atoms with Crippen molar-refractivity contribution in [2.75, 3.05) is 32.2 Å². The van der Waals surface area contributed by atoms with Gasteiger partial charge in [0.15, 0.2) is 0 Å². The van der Waals surface area contributed by atoms with Crippen LogP contribution in [0.15, 0.2) is 42.6 Å². The van der Waals surface area contributed by atoms with Gasteiger partial charge in [-0.05, 0) is 56.2 Å². The SMILES string of the molecule is COC[C@H]1CCCN1C(=O)c1cc2nccc(N(C)c3ccc4c(c3)cc(C)n4C)c2s1. The maximum atomic E-state index is 13.3. The summed E-state index contributed by atoms with van der Waals surface area (Å²) in [6, 6.07) is 12.9. The molecule has 6 nitrogen and oxygen atoms in total. The van der Waals surface area contributed by atoms with Crippen molar-refractivity contribution >= 4 is 49.7 Å². The Morgan fingerprint density at radius 2 is 2.12 bits per heavy atom. The van der Waals surface area contributed by atoms with Gasteiger partial charge in [-0.1, -0.05) is 0 Å². The lowest BCUT2D eigenvalue weighted by atomic mass is 10.2. The Bertz CT molecular complexity index is 1310. The van der Waals surface area contributed by atoms with Crippen molar-refractivity contribution in [2.24, 2.45) is 7.05 Å². The number of likely N-dealkylation sites (tertiary alicyclic amines) is 1. The molecule has 32 heavy (non-hydrogen) atoms. The summed E-state index contributed by atoms with van der Waals surface area (Å²) in [5.74, 6) is 0.0855. The Labute approximate surface area is 192 Å². The minimum absolute atomic E-state index is 0.0855. The summed E-state index contributed by atoms with van der Waals surface area (Å²) >= 11 is 1.53. The fraction of sp³-hybridized carbons (Fsp3) is 0.360. The molecule has 5 rings (SSSR count). The van der Waals surface area contributed by atoms with Crippen molar-refractivity contribution in [3.63, 3.8) is 0 Å². The highest BCUT2D eigenvalue weighted by Gasteiger charge is 2.30. The quantitative estimate of drug-likeness (QED) is 0.425. The van der Waals surface area contributed by atoms with E-state index in [1.165, 1.54) is 27.9 Å². The van der Waals surface area contributed by atoms with Gasteiger partial charge in [0.05, 0.1) is 33.4 Å². The first kappa shape index (κ1) is 21.0. The van der Waals surface area contributed by atoms with Gasteiger partial charge in [0, 0.05) is 56.2 Å². The molecule has 0 saturated carbocycles. The average Bonchev–Trinajstić information content (AvgIpc) is 3.50. The molecule has 4 heterocycles. The van der Waals surface area contributed by atoms with Crippen LogP contribution in [0.2, 0.25) is 0 Å². The van der Waals surface area contributed by atoms with Gasteiger partial charge in [0.25, 0.3) is 5.91 Å². The van der Waals surface area contributed by atoms with Crippen molar-refractivity contribution < 1.29 is 9.53 Å². The number of carbonyl (C=O) groups is 1. The number of hydrogen-bond acceptors (Lipinski definition) is 5. The molecular weight excluding hydrogens is 420 g/mol. The van der Waals surface area contributed by atoms with Gasteiger partial charge >= 0.3 is 0 Å². The van der Waals surface area contributed by atoms with E-state index in [4.69, 9.17) is 4.74 Å². The standard InChI is InChI=1S/C25H28N4O2S/c1-16-12-17-13-18(7-8-21(17)27(16)2)28(3)22-9-10-26-20-14-23(32-24(20)22)25(30)29-11-5-6-19(29)15-31-4/h7-10,12-14,19H,5-6,11,15H2,1-4H3/t19-/m1/s1. The van der Waals surface area contributed by atoms with Crippen LogP contribution in [0.3, 0.4) is 0 Å². The zero-order valence-corrected chi connectivity index (χ0v) is 19.8. The van der Waals surface area contributed by atoms with Crippen molar-refractivity contribution in [1.82, 2.24) is 14.5 Å². The van der Waals surface area contributed by atoms with E-state index in [9.17, 15) is 4.79 Å². The molecule has 1 aromatic carbocycles. The first-order valence-electron chi connectivity index (χ1n) is 11.0.